The lowest BCUT2D eigenvalue weighted by atomic mass is 10.1. The van der Waals surface area contributed by atoms with Gasteiger partial charge in [0.25, 0.3) is 0 Å². The number of rotatable bonds is 4. The number of aromatic hydroxyl groups is 1. The summed E-state index contributed by atoms with van der Waals surface area (Å²) in [5.74, 6) is -0.389. The average Bonchev–Trinajstić information content (AvgIpc) is 3.10. The lowest BCUT2D eigenvalue weighted by molar-refractivity contribution is -0.137. The van der Waals surface area contributed by atoms with Crippen LogP contribution in [0.25, 0.3) is 11.3 Å². The molecule has 0 aliphatic heterocycles. The van der Waals surface area contributed by atoms with E-state index >= 15 is 0 Å². The summed E-state index contributed by atoms with van der Waals surface area (Å²) < 4.78 is 43.2. The molecule has 2 aromatic heterocycles. The standard InChI is InChI=1S/C16H12F3N5O3/c17-16(18,19)9-3-1-8(2-4-9)12-7-22-15(27-12)23-13-5-10(14(20)24-26)11(25)6-21-13/h1-7,25-26H,(H2,20,24)(H,21,22,23). The molecule has 11 heteroatoms. The second kappa shape index (κ2) is 6.96. The number of oxazole rings is 1. The third-order valence-corrected chi connectivity index (χ3v) is 3.50. The lowest BCUT2D eigenvalue weighted by Gasteiger charge is -2.07. The minimum absolute atomic E-state index is 0.00229. The summed E-state index contributed by atoms with van der Waals surface area (Å²) in [5, 5.41) is 28.6. The Balaban J connectivity index is 1.80. The maximum Gasteiger partial charge on any atom is 0.416 e. The molecule has 0 aliphatic rings. The third-order valence-electron chi connectivity index (χ3n) is 3.50. The molecule has 27 heavy (non-hydrogen) atoms. The number of alkyl halides is 3. The van der Waals surface area contributed by atoms with Crippen molar-refractivity contribution >= 4 is 17.7 Å². The number of amidine groups is 1. The fourth-order valence-corrected chi connectivity index (χ4v) is 2.18. The van der Waals surface area contributed by atoms with Gasteiger partial charge in [0.15, 0.2) is 11.6 Å². The molecule has 0 saturated heterocycles. The van der Waals surface area contributed by atoms with Crippen LogP contribution in [0.3, 0.4) is 0 Å². The van der Waals surface area contributed by atoms with Crippen molar-refractivity contribution in [3.8, 4) is 17.1 Å². The first-order valence-corrected chi connectivity index (χ1v) is 7.36. The Hall–Kier alpha value is -3.60. The van der Waals surface area contributed by atoms with Gasteiger partial charge in [-0.1, -0.05) is 12.1 Å². The van der Waals surface area contributed by atoms with Crippen molar-refractivity contribution in [2.75, 3.05) is 5.32 Å². The fraction of sp³-hybridized carbons (Fsp3) is 0.0625. The van der Waals surface area contributed by atoms with Gasteiger partial charge in [-0.3, -0.25) is 21.4 Å². The predicted octanol–water partition coefficient (Wildman–Crippen LogP) is 3.51. The quantitative estimate of drug-likeness (QED) is 0.267. The number of benzene rings is 1. The summed E-state index contributed by atoms with van der Waals surface area (Å²) in [5.41, 5.74) is 1.20. The summed E-state index contributed by atoms with van der Waals surface area (Å²) in [6.07, 6.45) is -2.04. The van der Waals surface area contributed by atoms with Crippen LogP contribution in [0.2, 0.25) is 0 Å². The van der Waals surface area contributed by atoms with E-state index in [1.165, 1.54) is 24.4 Å². The van der Waals surface area contributed by atoms with E-state index in [1.807, 2.05) is 0 Å². The second-order valence-electron chi connectivity index (χ2n) is 5.30. The molecule has 0 aliphatic carbocycles. The van der Waals surface area contributed by atoms with Gasteiger partial charge in [0.2, 0.25) is 0 Å². The van der Waals surface area contributed by atoms with E-state index in [1.54, 1.807) is 5.48 Å². The van der Waals surface area contributed by atoms with Gasteiger partial charge in [-0.2, -0.15) is 13.2 Å². The molecule has 0 radical (unpaired) electrons. The molecule has 0 spiro atoms. The minimum Gasteiger partial charge on any atom is -0.506 e. The number of hydrogen-bond acceptors (Lipinski definition) is 7. The summed E-state index contributed by atoms with van der Waals surface area (Å²) in [4.78, 5) is 7.83. The molecular weight excluding hydrogens is 367 g/mol. The van der Waals surface area contributed by atoms with Crippen molar-refractivity contribution in [2.45, 2.75) is 6.18 Å². The molecule has 3 aromatic rings. The van der Waals surface area contributed by atoms with E-state index in [4.69, 9.17) is 15.0 Å². The Morgan fingerprint density at radius 3 is 2.44 bits per heavy atom. The molecule has 2 heterocycles. The zero-order valence-corrected chi connectivity index (χ0v) is 13.4. The number of hydrogen-bond donors (Lipinski definition) is 5. The van der Waals surface area contributed by atoms with E-state index in [0.717, 1.165) is 18.3 Å². The van der Waals surface area contributed by atoms with E-state index < -0.39 is 17.6 Å². The van der Waals surface area contributed by atoms with E-state index in [-0.39, 0.29) is 28.9 Å². The Morgan fingerprint density at radius 2 is 1.81 bits per heavy atom. The number of nitrogens with one attached hydrogen (secondary N) is 3. The normalized spacial score (nSPS) is 11.3. The summed E-state index contributed by atoms with van der Waals surface area (Å²) in [6, 6.07) is 5.66. The highest BCUT2D eigenvalue weighted by molar-refractivity contribution is 5.98. The Labute approximate surface area is 149 Å². The Morgan fingerprint density at radius 1 is 1.11 bits per heavy atom. The van der Waals surface area contributed by atoms with Gasteiger partial charge in [-0.25, -0.2) is 9.97 Å². The molecule has 3 rings (SSSR count). The van der Waals surface area contributed by atoms with Crippen LogP contribution in [-0.2, 0) is 6.18 Å². The predicted molar refractivity (Wildman–Crippen MR) is 87.9 cm³/mol. The molecule has 1 aromatic carbocycles. The number of halogens is 3. The highest BCUT2D eigenvalue weighted by atomic mass is 19.4. The molecule has 0 fully saturated rings. The zero-order valence-electron chi connectivity index (χ0n) is 13.4. The molecule has 5 N–H and O–H groups in total. The van der Waals surface area contributed by atoms with Crippen LogP contribution in [0.4, 0.5) is 25.0 Å². The topological polar surface area (TPSA) is 127 Å². The minimum atomic E-state index is -4.42. The largest absolute Gasteiger partial charge is 0.506 e. The molecule has 0 saturated carbocycles. The Bertz CT molecular complexity index is 970. The highest BCUT2D eigenvalue weighted by Gasteiger charge is 2.30. The highest BCUT2D eigenvalue weighted by Crippen LogP contribution is 2.31. The maximum atomic E-state index is 12.6. The van der Waals surface area contributed by atoms with Crippen molar-refractivity contribution in [2.24, 2.45) is 0 Å². The number of anilines is 2. The van der Waals surface area contributed by atoms with Crippen LogP contribution in [0.15, 0.2) is 47.1 Å². The van der Waals surface area contributed by atoms with Crippen LogP contribution in [0, 0.1) is 5.41 Å². The monoisotopic (exact) mass is 379 g/mol. The third kappa shape index (κ3) is 3.98. The number of aromatic nitrogens is 2. The first-order valence-electron chi connectivity index (χ1n) is 7.36. The first-order chi connectivity index (χ1) is 12.8. The van der Waals surface area contributed by atoms with Crippen LogP contribution < -0.4 is 10.8 Å². The molecule has 0 unspecified atom stereocenters. The van der Waals surface area contributed by atoms with Crippen molar-refractivity contribution in [3.05, 3.63) is 53.9 Å². The van der Waals surface area contributed by atoms with Gasteiger partial charge in [0.05, 0.1) is 23.5 Å². The summed E-state index contributed by atoms with van der Waals surface area (Å²) in [7, 11) is 0. The van der Waals surface area contributed by atoms with E-state index in [0.29, 0.717) is 5.56 Å². The maximum absolute atomic E-state index is 12.6. The number of nitrogens with zero attached hydrogens (tertiary/aromatic N) is 2. The smallest absolute Gasteiger partial charge is 0.416 e. The summed E-state index contributed by atoms with van der Waals surface area (Å²) in [6.45, 7) is 0. The van der Waals surface area contributed by atoms with Gasteiger partial charge in [-0.15, -0.1) is 0 Å². The molecular formula is C16H12F3N5O3. The zero-order chi connectivity index (χ0) is 19.6. The summed E-state index contributed by atoms with van der Waals surface area (Å²) >= 11 is 0. The molecule has 0 amide bonds. The van der Waals surface area contributed by atoms with Gasteiger partial charge in [0.1, 0.15) is 11.6 Å². The van der Waals surface area contributed by atoms with Crippen LogP contribution in [-0.4, -0.2) is 26.1 Å². The fourth-order valence-electron chi connectivity index (χ4n) is 2.18. The Kier molecular flexibility index (Phi) is 4.69. The molecule has 0 atom stereocenters. The first kappa shape index (κ1) is 18.2. The van der Waals surface area contributed by atoms with Gasteiger partial charge < -0.3 is 9.52 Å². The van der Waals surface area contributed by atoms with E-state index in [2.05, 4.69) is 15.3 Å². The number of hydroxylamine groups is 1. The molecule has 0 bridgehead atoms. The van der Waals surface area contributed by atoms with Crippen molar-refractivity contribution in [1.29, 1.82) is 5.41 Å². The second-order valence-corrected chi connectivity index (χ2v) is 5.30. The van der Waals surface area contributed by atoms with Crippen LogP contribution in [0.1, 0.15) is 11.1 Å². The van der Waals surface area contributed by atoms with Crippen LogP contribution in [0.5, 0.6) is 5.75 Å². The average molecular weight is 379 g/mol. The van der Waals surface area contributed by atoms with Crippen LogP contribution >= 0.6 is 0 Å². The molecule has 8 nitrogen and oxygen atoms in total. The van der Waals surface area contributed by atoms with Crippen molar-refractivity contribution in [1.82, 2.24) is 15.4 Å². The van der Waals surface area contributed by atoms with E-state index in [9.17, 15) is 18.3 Å². The molecule has 140 valence electrons. The van der Waals surface area contributed by atoms with Gasteiger partial charge in [0, 0.05) is 5.56 Å². The SMILES string of the molecule is N=C(NO)c1cc(Nc2ncc(-c3ccc(C(F)(F)F)cc3)o2)ncc1O. The van der Waals surface area contributed by atoms with Crippen molar-refractivity contribution in [3.63, 3.8) is 0 Å². The van der Waals surface area contributed by atoms with Gasteiger partial charge in [-0.05, 0) is 18.2 Å². The van der Waals surface area contributed by atoms with Crippen molar-refractivity contribution < 1.29 is 27.9 Å². The van der Waals surface area contributed by atoms with Gasteiger partial charge >= 0.3 is 12.2 Å². The number of pyridine rings is 1. The lowest BCUT2D eigenvalue weighted by Crippen LogP contribution is -2.19.